The Bertz CT molecular complexity index is 2180. The summed E-state index contributed by atoms with van der Waals surface area (Å²) < 4.78 is 11.1. The standard InChI is InChI=1S/C56H78N4O5/c1-9-12-13-14-15-16-17-18-19-20-21-22-23-24-25-26-27-28-29-32-65-49(61)31-30-42-38(6)45-33-43-36(4)40(10-2)47(57-43)34-44-37(5)41(11-3)48(58-44)35-46-39(7)50-54(60-46)51(53(42)59-45)52(55(50)62)56(63)64-8/h10,33-35,38,42,52,59,62H,2,9,11-32H2,1,3-8H3/t38-,42-,52-/m0/s1. The van der Waals surface area contributed by atoms with Crippen LogP contribution in [-0.2, 0) is 19.1 Å². The molecule has 2 N–H and O–H groups in total. The highest BCUT2D eigenvalue weighted by Crippen LogP contribution is 2.49. The van der Waals surface area contributed by atoms with E-state index in [4.69, 9.17) is 24.5 Å². The summed E-state index contributed by atoms with van der Waals surface area (Å²) in [7, 11) is 1.34. The van der Waals surface area contributed by atoms with Gasteiger partial charge in [-0.05, 0) is 80.6 Å². The normalized spacial score (nSPS) is 21.2. The molecule has 1 saturated heterocycles. The number of rotatable bonds is 26. The van der Waals surface area contributed by atoms with Gasteiger partial charge >= 0.3 is 11.9 Å². The highest BCUT2D eigenvalue weighted by atomic mass is 16.5. The Morgan fingerprint density at radius 2 is 1.32 bits per heavy atom. The first-order chi connectivity index (χ1) is 31.5. The van der Waals surface area contributed by atoms with Crippen molar-refractivity contribution < 1.29 is 24.2 Å². The second kappa shape index (κ2) is 24.1. The molecular weight excluding hydrogens is 809 g/mol. The number of nitrogens with zero attached hydrogens (tertiary/aromatic N) is 3. The zero-order valence-corrected chi connectivity index (χ0v) is 40.9. The fraction of sp³-hybridized carbons (Fsp3) is 0.589. The lowest BCUT2D eigenvalue weighted by Crippen LogP contribution is -2.25. The van der Waals surface area contributed by atoms with Crippen LogP contribution in [0.4, 0.5) is 0 Å². The third-order valence-electron chi connectivity index (χ3n) is 14.5. The largest absolute Gasteiger partial charge is 0.510 e. The molecule has 9 heteroatoms. The predicted molar refractivity (Wildman–Crippen MR) is 267 cm³/mol. The molecule has 9 nitrogen and oxygen atoms in total. The van der Waals surface area contributed by atoms with Gasteiger partial charge in [-0.15, -0.1) is 0 Å². The second-order valence-electron chi connectivity index (χ2n) is 19.0. The smallest absolute Gasteiger partial charge is 0.321 e. The maximum absolute atomic E-state index is 13.6. The summed E-state index contributed by atoms with van der Waals surface area (Å²) in [5.74, 6) is -2.23. The topological polar surface area (TPSA) is 122 Å². The third-order valence-corrected chi connectivity index (χ3v) is 14.5. The summed E-state index contributed by atoms with van der Waals surface area (Å²) in [4.78, 5) is 42.3. The molecule has 0 aromatic carbocycles. The van der Waals surface area contributed by atoms with E-state index in [0.29, 0.717) is 35.6 Å². The van der Waals surface area contributed by atoms with E-state index < -0.39 is 11.9 Å². The van der Waals surface area contributed by atoms with Crippen LogP contribution in [0.5, 0.6) is 0 Å². The number of hydrogen-bond acceptors (Lipinski definition) is 9. The zero-order valence-electron chi connectivity index (χ0n) is 40.9. The van der Waals surface area contributed by atoms with Gasteiger partial charge < -0.3 is 19.9 Å². The summed E-state index contributed by atoms with van der Waals surface area (Å²) in [5.41, 5.74) is 12.2. The molecule has 0 amide bonds. The molecule has 6 aliphatic rings. The molecule has 1 fully saturated rings. The minimum absolute atomic E-state index is 0.0741. The van der Waals surface area contributed by atoms with Crippen LogP contribution in [0.3, 0.4) is 0 Å². The van der Waals surface area contributed by atoms with E-state index in [1.807, 2.05) is 25.2 Å². The molecule has 6 rings (SSSR count). The van der Waals surface area contributed by atoms with E-state index >= 15 is 0 Å². The Morgan fingerprint density at radius 1 is 0.754 bits per heavy atom. The number of allylic oxidation sites excluding steroid dienone is 11. The molecule has 0 saturated carbocycles. The summed E-state index contributed by atoms with van der Waals surface area (Å²) in [6.07, 6.45) is 34.5. The van der Waals surface area contributed by atoms with Crippen molar-refractivity contribution in [3.63, 3.8) is 0 Å². The predicted octanol–water partition coefficient (Wildman–Crippen LogP) is 14.0. The number of fused-ring (bicyclic) bond motifs is 5. The number of aliphatic hydroxyl groups is 1. The van der Waals surface area contributed by atoms with Gasteiger partial charge in [0.05, 0.1) is 47.9 Å². The van der Waals surface area contributed by atoms with Gasteiger partial charge in [0.25, 0.3) is 0 Å². The van der Waals surface area contributed by atoms with Crippen LogP contribution in [0, 0.1) is 17.8 Å². The van der Waals surface area contributed by atoms with Crippen molar-refractivity contribution >= 4 is 29.1 Å². The van der Waals surface area contributed by atoms with E-state index in [1.165, 1.54) is 116 Å². The van der Waals surface area contributed by atoms with Crippen LogP contribution in [-0.4, -0.2) is 47.9 Å². The number of aliphatic hydroxyl groups excluding tert-OH is 1. The van der Waals surface area contributed by atoms with Crippen molar-refractivity contribution in [3.8, 4) is 0 Å². The molecule has 5 aliphatic heterocycles. The summed E-state index contributed by atoms with van der Waals surface area (Å²) in [6, 6.07) is 0. The quantitative estimate of drug-likeness (QED) is 0.0659. The number of ether oxygens (including phenoxy) is 2. The first kappa shape index (κ1) is 49.6. The van der Waals surface area contributed by atoms with Crippen LogP contribution in [0.2, 0.25) is 0 Å². The highest BCUT2D eigenvalue weighted by Gasteiger charge is 2.49. The summed E-state index contributed by atoms with van der Waals surface area (Å²) >= 11 is 0. The van der Waals surface area contributed by atoms with Crippen molar-refractivity contribution in [3.05, 3.63) is 104 Å². The van der Waals surface area contributed by atoms with Crippen LogP contribution in [0.25, 0.3) is 0 Å². The average Bonchev–Trinajstić information content (AvgIpc) is 4.04. The van der Waals surface area contributed by atoms with Gasteiger partial charge in [0, 0.05) is 46.4 Å². The SMILES string of the molecule is C=CC1=C(C)C2=NC1=CC1=NC(=CC3=C(C)C4=C(O)[C@@H](C(=O)OC)C(=C5NC(=C2)[C@@H](C)[C@@H]5CCC(=O)OCCCCCCCCCCCCCCCCCCCCC)C4=N3)C(CC)=C1C. The first-order valence-electron chi connectivity index (χ1n) is 25.4. The van der Waals surface area contributed by atoms with Crippen LogP contribution in [0.15, 0.2) is 119 Å². The van der Waals surface area contributed by atoms with E-state index in [-0.39, 0.29) is 30.0 Å². The van der Waals surface area contributed by atoms with Crippen LogP contribution >= 0.6 is 0 Å². The van der Waals surface area contributed by atoms with Gasteiger partial charge in [-0.25, -0.2) is 15.0 Å². The van der Waals surface area contributed by atoms with Gasteiger partial charge in [0.2, 0.25) is 0 Å². The maximum atomic E-state index is 13.6. The number of carbonyl (C=O) groups is 2. The Labute approximate surface area is 390 Å². The minimum atomic E-state index is -1.06. The Balaban J connectivity index is 1.07. The lowest BCUT2D eigenvalue weighted by molar-refractivity contribution is -0.144. The molecule has 3 atom stereocenters. The summed E-state index contributed by atoms with van der Waals surface area (Å²) in [5, 5.41) is 15.6. The van der Waals surface area contributed by atoms with Crippen molar-refractivity contribution in [1.82, 2.24) is 5.32 Å². The van der Waals surface area contributed by atoms with Crippen LogP contribution in [0.1, 0.15) is 183 Å². The molecule has 0 aromatic heterocycles. The molecule has 65 heavy (non-hydrogen) atoms. The molecule has 0 radical (unpaired) electrons. The molecule has 0 unspecified atom stereocenters. The van der Waals surface area contributed by atoms with Gasteiger partial charge in [0.1, 0.15) is 11.7 Å². The molecule has 1 aliphatic carbocycles. The lowest BCUT2D eigenvalue weighted by atomic mass is 9.84. The minimum Gasteiger partial charge on any atom is -0.510 e. The third kappa shape index (κ3) is 11.8. The molecule has 0 spiro atoms. The summed E-state index contributed by atoms with van der Waals surface area (Å²) in [6.45, 7) is 17.2. The molecule has 0 aromatic rings. The van der Waals surface area contributed by atoms with Gasteiger partial charge in [-0.3, -0.25) is 9.59 Å². The Kier molecular flexibility index (Phi) is 18.4. The van der Waals surface area contributed by atoms with E-state index in [9.17, 15) is 14.7 Å². The van der Waals surface area contributed by atoms with Gasteiger partial charge in [-0.1, -0.05) is 149 Å². The number of esters is 2. The Hall–Kier alpha value is -4.79. The van der Waals surface area contributed by atoms with Gasteiger partial charge in [-0.2, -0.15) is 0 Å². The lowest BCUT2D eigenvalue weighted by Gasteiger charge is -2.20. The molecule has 8 bridgehead atoms. The van der Waals surface area contributed by atoms with E-state index in [1.54, 1.807) is 0 Å². The van der Waals surface area contributed by atoms with Crippen LogP contribution < -0.4 is 5.32 Å². The Morgan fingerprint density at radius 3 is 1.89 bits per heavy atom. The van der Waals surface area contributed by atoms with Crippen molar-refractivity contribution in [2.75, 3.05) is 13.7 Å². The highest BCUT2D eigenvalue weighted by molar-refractivity contribution is 6.24. The number of unbranched alkanes of at least 4 members (excludes halogenated alkanes) is 18. The number of aliphatic imine (C=N–C) groups is 3. The fourth-order valence-corrected chi connectivity index (χ4v) is 10.5. The first-order valence-corrected chi connectivity index (χ1v) is 25.4. The van der Waals surface area contributed by atoms with Crippen molar-refractivity contribution in [1.29, 1.82) is 0 Å². The van der Waals surface area contributed by atoms with Crippen molar-refractivity contribution in [2.24, 2.45) is 32.7 Å². The fourth-order valence-electron chi connectivity index (χ4n) is 10.5. The van der Waals surface area contributed by atoms with E-state index in [2.05, 4.69) is 52.6 Å². The zero-order chi connectivity index (χ0) is 46.5. The van der Waals surface area contributed by atoms with Gasteiger partial charge in [0.15, 0.2) is 0 Å². The second-order valence-corrected chi connectivity index (χ2v) is 19.0. The monoisotopic (exact) mass is 887 g/mol. The maximum Gasteiger partial charge on any atom is 0.321 e. The molecule has 352 valence electrons. The van der Waals surface area contributed by atoms with Crippen molar-refractivity contribution in [2.45, 2.75) is 183 Å². The number of methoxy groups -OCH3 is 1. The number of nitrogens with one attached hydrogen (secondary N) is 1. The van der Waals surface area contributed by atoms with E-state index in [0.717, 1.165) is 81.3 Å². The molecule has 5 heterocycles. The average molecular weight is 887 g/mol. The number of hydrogen-bond donors (Lipinski definition) is 2. The number of carbonyl (C=O) groups excluding carboxylic acids is 2. The molecular formula is C56H78N4O5.